The van der Waals surface area contributed by atoms with Gasteiger partial charge in [-0.15, -0.1) is 24.0 Å². The van der Waals surface area contributed by atoms with Crippen LogP contribution >= 0.6 is 24.0 Å². The summed E-state index contributed by atoms with van der Waals surface area (Å²) in [5.74, 6) is -0.410. The second-order valence-corrected chi connectivity index (χ2v) is 1.84. The highest BCUT2D eigenvalue weighted by atomic mass is 127. The molecule has 0 radical (unpaired) electrons. The SMILES string of the molecule is CCc1ccc(F)nc1.I. The predicted molar refractivity (Wildman–Crippen MR) is 49.0 cm³/mol. The molecule has 0 N–H and O–H groups in total. The van der Waals surface area contributed by atoms with Crippen LogP contribution in [0.4, 0.5) is 4.39 Å². The molecule has 0 aliphatic heterocycles. The Morgan fingerprint density at radius 3 is 2.60 bits per heavy atom. The first-order chi connectivity index (χ1) is 4.33. The van der Waals surface area contributed by atoms with Crippen molar-refractivity contribution in [1.82, 2.24) is 4.98 Å². The van der Waals surface area contributed by atoms with E-state index >= 15 is 0 Å². The lowest BCUT2D eigenvalue weighted by Crippen LogP contribution is -1.84. The van der Waals surface area contributed by atoms with Crippen LogP contribution in [0.2, 0.25) is 0 Å². The van der Waals surface area contributed by atoms with Crippen LogP contribution in [0.15, 0.2) is 18.3 Å². The molecule has 0 amide bonds. The van der Waals surface area contributed by atoms with Crippen molar-refractivity contribution in [3.63, 3.8) is 0 Å². The Hall–Kier alpha value is -0.190. The van der Waals surface area contributed by atoms with Crippen molar-refractivity contribution in [3.05, 3.63) is 29.8 Å². The Labute approximate surface area is 76.7 Å². The molecule has 3 heteroatoms. The quantitative estimate of drug-likeness (QED) is 0.553. The van der Waals surface area contributed by atoms with Gasteiger partial charge in [0.2, 0.25) is 5.95 Å². The highest BCUT2D eigenvalue weighted by Gasteiger charge is 1.89. The van der Waals surface area contributed by atoms with Gasteiger partial charge < -0.3 is 0 Å². The molecule has 1 aromatic heterocycles. The largest absolute Gasteiger partial charge is 0.228 e. The topological polar surface area (TPSA) is 12.9 Å². The number of aromatic nitrogens is 1. The van der Waals surface area contributed by atoms with Crippen LogP contribution in [0.5, 0.6) is 0 Å². The molecule has 0 aromatic carbocycles. The number of hydrogen-bond donors (Lipinski definition) is 0. The van der Waals surface area contributed by atoms with E-state index in [9.17, 15) is 4.39 Å². The van der Waals surface area contributed by atoms with E-state index in [1.807, 2.05) is 6.92 Å². The molecular weight excluding hydrogens is 244 g/mol. The summed E-state index contributed by atoms with van der Waals surface area (Å²) in [6.45, 7) is 2.01. The van der Waals surface area contributed by atoms with E-state index < -0.39 is 5.95 Å². The van der Waals surface area contributed by atoms with Crippen LogP contribution in [-0.4, -0.2) is 4.98 Å². The van der Waals surface area contributed by atoms with E-state index in [2.05, 4.69) is 4.98 Å². The van der Waals surface area contributed by atoms with Crippen molar-refractivity contribution in [2.24, 2.45) is 0 Å². The van der Waals surface area contributed by atoms with Gasteiger partial charge >= 0.3 is 0 Å². The fraction of sp³-hybridized carbons (Fsp3) is 0.286. The molecule has 0 saturated carbocycles. The van der Waals surface area contributed by atoms with Gasteiger partial charge in [-0.3, -0.25) is 0 Å². The summed E-state index contributed by atoms with van der Waals surface area (Å²) in [4.78, 5) is 3.48. The molecule has 0 unspecified atom stereocenters. The first-order valence-corrected chi connectivity index (χ1v) is 2.93. The predicted octanol–water partition coefficient (Wildman–Crippen LogP) is 2.40. The summed E-state index contributed by atoms with van der Waals surface area (Å²) in [5, 5.41) is 0. The molecule has 0 spiro atoms. The maximum Gasteiger partial charge on any atom is 0.212 e. The van der Waals surface area contributed by atoms with Crippen LogP contribution in [0.25, 0.3) is 0 Å². The highest BCUT2D eigenvalue weighted by Crippen LogP contribution is 1.98. The van der Waals surface area contributed by atoms with E-state index in [0.717, 1.165) is 12.0 Å². The van der Waals surface area contributed by atoms with Gasteiger partial charge in [0.15, 0.2) is 0 Å². The number of halogens is 2. The zero-order chi connectivity index (χ0) is 6.69. The van der Waals surface area contributed by atoms with Gasteiger partial charge in [-0.2, -0.15) is 4.39 Å². The van der Waals surface area contributed by atoms with Crippen LogP contribution in [-0.2, 0) is 6.42 Å². The molecule has 0 aliphatic carbocycles. The van der Waals surface area contributed by atoms with Crippen LogP contribution < -0.4 is 0 Å². The molecule has 0 atom stereocenters. The van der Waals surface area contributed by atoms with Gasteiger partial charge in [0.25, 0.3) is 0 Å². The van der Waals surface area contributed by atoms with Crippen molar-refractivity contribution < 1.29 is 4.39 Å². The molecule has 0 bridgehead atoms. The average Bonchev–Trinajstić information content (AvgIpc) is 1.90. The number of hydrogen-bond acceptors (Lipinski definition) is 1. The summed E-state index contributed by atoms with van der Waals surface area (Å²) in [6, 6.07) is 3.11. The first-order valence-electron chi connectivity index (χ1n) is 2.93. The molecule has 1 heterocycles. The number of rotatable bonds is 1. The van der Waals surface area contributed by atoms with Crippen LogP contribution in [0.3, 0.4) is 0 Å². The van der Waals surface area contributed by atoms with E-state index in [-0.39, 0.29) is 24.0 Å². The molecule has 0 fully saturated rings. The van der Waals surface area contributed by atoms with E-state index in [1.54, 1.807) is 12.3 Å². The van der Waals surface area contributed by atoms with Crippen LogP contribution in [0.1, 0.15) is 12.5 Å². The number of pyridine rings is 1. The molecule has 1 aromatic rings. The minimum atomic E-state index is -0.410. The van der Waals surface area contributed by atoms with Crippen molar-refractivity contribution >= 4 is 24.0 Å². The average molecular weight is 253 g/mol. The summed E-state index contributed by atoms with van der Waals surface area (Å²) in [5.41, 5.74) is 1.07. The zero-order valence-electron chi connectivity index (χ0n) is 5.67. The highest BCUT2D eigenvalue weighted by molar-refractivity contribution is 14.0. The second-order valence-electron chi connectivity index (χ2n) is 1.84. The Balaban J connectivity index is 0.000000810. The summed E-state index contributed by atoms with van der Waals surface area (Å²) in [7, 11) is 0. The minimum Gasteiger partial charge on any atom is -0.228 e. The lowest BCUT2D eigenvalue weighted by atomic mass is 10.2. The second kappa shape index (κ2) is 4.60. The fourth-order valence-electron chi connectivity index (χ4n) is 0.616. The van der Waals surface area contributed by atoms with E-state index in [0.29, 0.717) is 0 Å². The Morgan fingerprint density at radius 1 is 1.50 bits per heavy atom. The van der Waals surface area contributed by atoms with Gasteiger partial charge in [-0.05, 0) is 18.1 Å². The fourth-order valence-corrected chi connectivity index (χ4v) is 0.616. The molecule has 1 nitrogen and oxygen atoms in total. The Kier molecular flexibility index (Phi) is 4.51. The minimum absolute atomic E-state index is 0. The third-order valence-corrected chi connectivity index (χ3v) is 1.20. The summed E-state index contributed by atoms with van der Waals surface area (Å²) >= 11 is 0. The number of nitrogens with zero attached hydrogens (tertiary/aromatic N) is 1. The van der Waals surface area contributed by atoms with Gasteiger partial charge in [0, 0.05) is 6.20 Å². The monoisotopic (exact) mass is 253 g/mol. The maximum atomic E-state index is 12.1. The van der Waals surface area contributed by atoms with E-state index in [4.69, 9.17) is 0 Å². The van der Waals surface area contributed by atoms with Crippen molar-refractivity contribution in [1.29, 1.82) is 0 Å². The Bertz CT molecular complexity index is 185. The molecular formula is C7H9FIN. The van der Waals surface area contributed by atoms with Crippen LogP contribution in [0, 0.1) is 5.95 Å². The van der Waals surface area contributed by atoms with Gasteiger partial charge in [-0.1, -0.05) is 13.0 Å². The molecule has 0 aliphatic rings. The standard InChI is InChI=1S/C7H8FN.HI/c1-2-6-3-4-7(8)9-5-6;/h3-5H,2H2,1H3;1H. The Morgan fingerprint density at radius 2 is 2.20 bits per heavy atom. The zero-order valence-corrected chi connectivity index (χ0v) is 8.00. The third-order valence-electron chi connectivity index (χ3n) is 1.20. The lowest BCUT2D eigenvalue weighted by molar-refractivity contribution is 0.582. The number of aryl methyl sites for hydroxylation is 1. The first kappa shape index (κ1) is 9.81. The molecule has 10 heavy (non-hydrogen) atoms. The third kappa shape index (κ3) is 2.60. The normalized spacial score (nSPS) is 8.60. The van der Waals surface area contributed by atoms with Gasteiger partial charge in [-0.25, -0.2) is 4.98 Å². The summed E-state index contributed by atoms with van der Waals surface area (Å²) < 4.78 is 12.1. The van der Waals surface area contributed by atoms with E-state index in [1.165, 1.54) is 6.07 Å². The van der Waals surface area contributed by atoms with Gasteiger partial charge in [0.1, 0.15) is 0 Å². The molecule has 1 rings (SSSR count). The summed E-state index contributed by atoms with van der Waals surface area (Å²) in [6.07, 6.45) is 2.46. The molecule has 0 saturated heterocycles. The molecule has 56 valence electrons. The maximum absolute atomic E-state index is 12.1. The van der Waals surface area contributed by atoms with Crippen molar-refractivity contribution in [2.45, 2.75) is 13.3 Å². The lowest BCUT2D eigenvalue weighted by Gasteiger charge is -1.91. The van der Waals surface area contributed by atoms with Gasteiger partial charge in [0.05, 0.1) is 0 Å². The van der Waals surface area contributed by atoms with Crippen molar-refractivity contribution in [2.75, 3.05) is 0 Å². The smallest absolute Gasteiger partial charge is 0.212 e. The van der Waals surface area contributed by atoms with Crippen molar-refractivity contribution in [3.8, 4) is 0 Å².